The molecule has 0 aliphatic heterocycles. The lowest BCUT2D eigenvalue weighted by atomic mass is 10.1. The molecule has 0 radical (unpaired) electrons. The molecule has 1 amide bonds. The summed E-state index contributed by atoms with van der Waals surface area (Å²) in [4.78, 5) is 40.0. The maximum Gasteiger partial charge on any atom is 0.358 e. The number of benzene rings is 2. The van der Waals surface area contributed by atoms with Gasteiger partial charge in [-0.15, -0.1) is 11.3 Å². The van der Waals surface area contributed by atoms with Gasteiger partial charge in [0.15, 0.2) is 18.1 Å². The molecule has 0 aliphatic rings. The molecule has 3 aromatic rings. The topological polar surface area (TPSA) is 85.4 Å². The number of Topliss-reactive ketones (excluding diaryl/α,β-unsaturated/α-hetero) is 1. The molecule has 0 atom stereocenters. The second-order valence-corrected chi connectivity index (χ2v) is 6.49. The number of para-hydroxylation sites is 1. The average Bonchev–Trinajstić information content (AvgIpc) is 3.17. The van der Waals surface area contributed by atoms with Gasteiger partial charge in [-0.1, -0.05) is 42.5 Å². The number of rotatable bonds is 6. The minimum absolute atomic E-state index is 0.149. The quantitative estimate of drug-likeness (QED) is 0.519. The summed E-state index contributed by atoms with van der Waals surface area (Å²) < 4.78 is 5.02. The third kappa shape index (κ3) is 4.65. The monoisotopic (exact) mass is 380 g/mol. The minimum Gasteiger partial charge on any atom is -0.451 e. The number of hydrogen-bond donors (Lipinski definition) is 1. The standard InChI is InChI=1S/C20H16N2O4S/c1-13(23)15-9-5-6-10-16(15)21-18(24)11-26-20(25)17-12-27-19(22-17)14-7-3-2-4-8-14/h2-10,12H,11H2,1H3,(H,21,24). The second kappa shape index (κ2) is 8.37. The van der Waals surface area contributed by atoms with Gasteiger partial charge in [-0.3, -0.25) is 9.59 Å². The number of anilines is 1. The van der Waals surface area contributed by atoms with Crippen LogP contribution in [0.3, 0.4) is 0 Å². The summed E-state index contributed by atoms with van der Waals surface area (Å²) in [5.41, 5.74) is 1.83. The second-order valence-electron chi connectivity index (χ2n) is 5.63. The molecule has 3 rings (SSSR count). The lowest BCUT2D eigenvalue weighted by Crippen LogP contribution is -2.22. The van der Waals surface area contributed by atoms with Crippen molar-refractivity contribution in [1.29, 1.82) is 0 Å². The van der Waals surface area contributed by atoms with Gasteiger partial charge in [0.05, 0.1) is 5.69 Å². The summed E-state index contributed by atoms with van der Waals surface area (Å²) in [6.07, 6.45) is 0. The van der Waals surface area contributed by atoms with Crippen molar-refractivity contribution in [3.05, 3.63) is 71.2 Å². The molecule has 1 aromatic heterocycles. The summed E-state index contributed by atoms with van der Waals surface area (Å²) in [7, 11) is 0. The maximum atomic E-state index is 12.1. The van der Waals surface area contributed by atoms with E-state index < -0.39 is 18.5 Å². The van der Waals surface area contributed by atoms with Crippen LogP contribution in [-0.4, -0.2) is 29.3 Å². The van der Waals surface area contributed by atoms with Gasteiger partial charge in [0.25, 0.3) is 5.91 Å². The summed E-state index contributed by atoms with van der Waals surface area (Å²) >= 11 is 1.32. The van der Waals surface area contributed by atoms with Crippen molar-refractivity contribution in [1.82, 2.24) is 4.98 Å². The van der Waals surface area contributed by atoms with Crippen molar-refractivity contribution in [2.75, 3.05) is 11.9 Å². The van der Waals surface area contributed by atoms with E-state index in [4.69, 9.17) is 4.74 Å². The van der Waals surface area contributed by atoms with Crippen molar-refractivity contribution in [2.45, 2.75) is 6.92 Å². The molecule has 0 aliphatic carbocycles. The summed E-state index contributed by atoms with van der Waals surface area (Å²) in [6.45, 7) is 0.945. The number of carbonyl (C=O) groups is 3. The fourth-order valence-corrected chi connectivity index (χ4v) is 3.17. The lowest BCUT2D eigenvalue weighted by Gasteiger charge is -2.09. The third-order valence-corrected chi connectivity index (χ3v) is 4.54. The number of ether oxygens (including phenoxy) is 1. The molecular weight excluding hydrogens is 364 g/mol. The molecule has 0 spiro atoms. The zero-order valence-corrected chi connectivity index (χ0v) is 15.3. The molecule has 1 N–H and O–H groups in total. The van der Waals surface area contributed by atoms with Crippen molar-refractivity contribution in [3.8, 4) is 10.6 Å². The zero-order valence-electron chi connectivity index (χ0n) is 14.5. The van der Waals surface area contributed by atoms with Gasteiger partial charge in [0, 0.05) is 16.5 Å². The van der Waals surface area contributed by atoms with Crippen molar-refractivity contribution < 1.29 is 19.1 Å². The smallest absolute Gasteiger partial charge is 0.358 e. The predicted octanol–water partition coefficient (Wildman–Crippen LogP) is 3.81. The van der Waals surface area contributed by atoms with E-state index in [9.17, 15) is 14.4 Å². The number of nitrogens with zero attached hydrogens (tertiary/aromatic N) is 1. The third-order valence-electron chi connectivity index (χ3n) is 3.65. The number of esters is 1. The van der Waals surface area contributed by atoms with Crippen LogP contribution in [0.2, 0.25) is 0 Å². The Morgan fingerprint density at radius 2 is 1.74 bits per heavy atom. The van der Waals surface area contributed by atoms with E-state index in [2.05, 4.69) is 10.3 Å². The first-order valence-corrected chi connectivity index (χ1v) is 9.00. The Bertz CT molecular complexity index is 982. The van der Waals surface area contributed by atoms with E-state index in [1.54, 1.807) is 29.6 Å². The van der Waals surface area contributed by atoms with Crippen LogP contribution in [0.5, 0.6) is 0 Å². The number of thiazole rings is 1. The van der Waals surface area contributed by atoms with Crippen LogP contribution in [0.4, 0.5) is 5.69 Å². The summed E-state index contributed by atoms with van der Waals surface area (Å²) in [6, 6.07) is 16.1. The Balaban J connectivity index is 1.59. The molecular formula is C20H16N2O4S. The van der Waals surface area contributed by atoms with Crippen LogP contribution in [0.15, 0.2) is 60.0 Å². The van der Waals surface area contributed by atoms with Gasteiger partial charge in [-0.25, -0.2) is 9.78 Å². The molecule has 1 heterocycles. The number of aromatic nitrogens is 1. The highest BCUT2D eigenvalue weighted by atomic mass is 32.1. The van der Waals surface area contributed by atoms with Crippen LogP contribution < -0.4 is 5.32 Å². The molecule has 6 nitrogen and oxygen atoms in total. The van der Waals surface area contributed by atoms with Gasteiger partial charge in [-0.2, -0.15) is 0 Å². The van der Waals surface area contributed by atoms with Crippen LogP contribution in [0.25, 0.3) is 10.6 Å². The normalized spacial score (nSPS) is 10.3. The van der Waals surface area contributed by atoms with E-state index in [0.29, 0.717) is 16.3 Å². The Morgan fingerprint density at radius 1 is 1.04 bits per heavy atom. The fourth-order valence-electron chi connectivity index (χ4n) is 2.37. The molecule has 0 fully saturated rings. The first-order valence-electron chi connectivity index (χ1n) is 8.12. The largest absolute Gasteiger partial charge is 0.451 e. The highest BCUT2D eigenvalue weighted by Crippen LogP contribution is 2.23. The molecule has 0 saturated carbocycles. The molecule has 0 saturated heterocycles. The fraction of sp³-hybridized carbons (Fsp3) is 0.100. The van der Waals surface area contributed by atoms with E-state index in [1.165, 1.54) is 18.3 Å². The number of ketones is 1. The molecule has 7 heteroatoms. The Morgan fingerprint density at radius 3 is 2.48 bits per heavy atom. The minimum atomic E-state index is -0.677. The molecule has 136 valence electrons. The van der Waals surface area contributed by atoms with Crippen molar-refractivity contribution >= 4 is 34.7 Å². The predicted molar refractivity (Wildman–Crippen MR) is 103 cm³/mol. The van der Waals surface area contributed by atoms with Gasteiger partial charge in [0.1, 0.15) is 5.01 Å². The van der Waals surface area contributed by atoms with Crippen LogP contribution in [0.1, 0.15) is 27.8 Å². The highest BCUT2D eigenvalue weighted by molar-refractivity contribution is 7.13. The number of amides is 1. The Hall–Kier alpha value is -3.32. The molecule has 2 aromatic carbocycles. The van der Waals surface area contributed by atoms with Crippen molar-refractivity contribution in [3.63, 3.8) is 0 Å². The van der Waals surface area contributed by atoms with Crippen LogP contribution >= 0.6 is 11.3 Å². The first-order chi connectivity index (χ1) is 13.0. The van der Waals surface area contributed by atoms with E-state index >= 15 is 0 Å². The average molecular weight is 380 g/mol. The lowest BCUT2D eigenvalue weighted by molar-refractivity contribution is -0.119. The van der Waals surface area contributed by atoms with E-state index in [1.807, 2.05) is 30.3 Å². The van der Waals surface area contributed by atoms with Gasteiger partial charge in [0.2, 0.25) is 0 Å². The van der Waals surface area contributed by atoms with Crippen LogP contribution in [-0.2, 0) is 9.53 Å². The number of nitrogens with one attached hydrogen (secondary N) is 1. The van der Waals surface area contributed by atoms with Gasteiger partial charge >= 0.3 is 5.97 Å². The maximum absolute atomic E-state index is 12.1. The Kier molecular flexibility index (Phi) is 5.73. The Labute approximate surface area is 159 Å². The summed E-state index contributed by atoms with van der Waals surface area (Å²) in [5.74, 6) is -1.38. The molecule has 0 bridgehead atoms. The SMILES string of the molecule is CC(=O)c1ccccc1NC(=O)COC(=O)c1csc(-c2ccccc2)n1. The van der Waals surface area contributed by atoms with Gasteiger partial charge in [-0.05, 0) is 19.1 Å². The number of carbonyl (C=O) groups excluding carboxylic acids is 3. The number of hydrogen-bond acceptors (Lipinski definition) is 6. The molecule has 27 heavy (non-hydrogen) atoms. The van der Waals surface area contributed by atoms with E-state index in [-0.39, 0.29) is 11.5 Å². The van der Waals surface area contributed by atoms with Gasteiger partial charge < -0.3 is 10.1 Å². The van der Waals surface area contributed by atoms with Crippen molar-refractivity contribution in [2.24, 2.45) is 0 Å². The zero-order chi connectivity index (χ0) is 19.2. The highest BCUT2D eigenvalue weighted by Gasteiger charge is 2.16. The molecule has 0 unspecified atom stereocenters. The van der Waals surface area contributed by atoms with Crippen LogP contribution in [0, 0.1) is 0 Å². The summed E-state index contributed by atoms with van der Waals surface area (Å²) in [5, 5.41) is 4.86. The first kappa shape index (κ1) is 18.5. The van der Waals surface area contributed by atoms with E-state index in [0.717, 1.165) is 5.56 Å².